The molecule has 5 nitrogen and oxygen atoms in total. The van der Waals surface area contributed by atoms with Gasteiger partial charge in [-0.25, -0.2) is 4.98 Å². The largest absolute Gasteiger partial charge is 0.389 e. The minimum Gasteiger partial charge on any atom is -0.389 e. The van der Waals surface area contributed by atoms with Gasteiger partial charge in [-0.3, -0.25) is 4.68 Å². The molecule has 0 spiro atoms. The number of thiocarbonyl (C=S) groups is 1. The van der Waals surface area contributed by atoms with Gasteiger partial charge in [0.1, 0.15) is 15.8 Å². The fourth-order valence-corrected chi connectivity index (χ4v) is 2.98. The minimum absolute atomic E-state index is 0.0848. The van der Waals surface area contributed by atoms with Crippen molar-refractivity contribution in [3.05, 3.63) is 27.3 Å². The highest BCUT2D eigenvalue weighted by Crippen LogP contribution is 2.26. The van der Waals surface area contributed by atoms with E-state index >= 15 is 0 Å². The number of hydrogen-bond donors (Lipinski definition) is 2. The Morgan fingerprint density at radius 1 is 1.53 bits per heavy atom. The van der Waals surface area contributed by atoms with Crippen molar-refractivity contribution in [1.29, 1.82) is 0 Å². The predicted octanol–water partition coefficient (Wildman–Crippen LogP) is 2.30. The number of rotatable bonds is 4. The number of aromatic nitrogens is 3. The quantitative estimate of drug-likeness (QED) is 0.847. The molecule has 3 N–H and O–H groups in total. The number of nitrogens with two attached hydrogens (primary N) is 1. The Kier molecular flexibility index (Phi) is 3.86. The number of hydrogen-bond acceptors (Lipinski definition) is 5. The molecule has 2 heterocycles. The summed E-state index contributed by atoms with van der Waals surface area (Å²) >= 11 is 6.77. The van der Waals surface area contributed by atoms with Gasteiger partial charge in [0.2, 0.25) is 0 Å². The fraction of sp³-hybridized carbons (Fsp3) is 0.417. The van der Waals surface area contributed by atoms with E-state index in [1.54, 1.807) is 16.0 Å². The molecule has 102 valence electrons. The molecule has 0 amide bonds. The molecule has 0 saturated carbocycles. The van der Waals surface area contributed by atoms with E-state index < -0.39 is 0 Å². The van der Waals surface area contributed by atoms with Gasteiger partial charge in [-0.05, 0) is 20.8 Å². The van der Waals surface area contributed by atoms with E-state index in [1.807, 2.05) is 27.1 Å². The van der Waals surface area contributed by atoms with Crippen LogP contribution in [0.4, 0.5) is 5.82 Å². The third kappa shape index (κ3) is 2.76. The monoisotopic (exact) mass is 295 g/mol. The molecule has 0 fully saturated rings. The molecule has 0 saturated heterocycles. The molecule has 0 aliphatic carbocycles. The average molecular weight is 295 g/mol. The lowest BCUT2D eigenvalue weighted by Gasteiger charge is -2.14. The van der Waals surface area contributed by atoms with Crippen LogP contribution in [0.3, 0.4) is 0 Å². The maximum Gasteiger partial charge on any atom is 0.135 e. The molecule has 0 radical (unpaired) electrons. The van der Waals surface area contributed by atoms with Crippen LogP contribution in [0.1, 0.15) is 34.1 Å². The maximum absolute atomic E-state index is 5.77. The van der Waals surface area contributed by atoms with E-state index in [0.717, 1.165) is 22.1 Å². The second-order valence-corrected chi connectivity index (χ2v) is 6.18. The Balaban J connectivity index is 2.31. The minimum atomic E-state index is 0.0848. The second-order valence-electron chi connectivity index (χ2n) is 4.47. The summed E-state index contributed by atoms with van der Waals surface area (Å²) < 4.78 is 1.76. The normalized spacial score (nSPS) is 12.4. The van der Waals surface area contributed by atoms with E-state index in [0.29, 0.717) is 4.99 Å². The Bertz CT molecular complexity index is 614. The lowest BCUT2D eigenvalue weighted by atomic mass is 10.2. The standard InChI is InChI=1S/C12H17N5S2/c1-6-5-14-12(19-6)8(3)15-11-9(10(13)18)7(2)16-17(11)4/h5,8,15H,1-4H3,(H2,13,18). The van der Waals surface area contributed by atoms with E-state index in [1.165, 1.54) is 4.88 Å². The molecular weight excluding hydrogens is 278 g/mol. The topological polar surface area (TPSA) is 68.8 Å². The van der Waals surface area contributed by atoms with Crippen molar-refractivity contribution in [3.63, 3.8) is 0 Å². The van der Waals surface area contributed by atoms with Gasteiger partial charge in [0.25, 0.3) is 0 Å². The first kappa shape index (κ1) is 14.0. The van der Waals surface area contributed by atoms with Crippen molar-refractivity contribution < 1.29 is 0 Å². The number of thiazole rings is 1. The van der Waals surface area contributed by atoms with Crippen molar-refractivity contribution >= 4 is 34.4 Å². The first-order valence-electron chi connectivity index (χ1n) is 5.92. The zero-order valence-corrected chi connectivity index (χ0v) is 13.0. The SMILES string of the molecule is Cc1cnc(C(C)Nc2c(C(N)=S)c(C)nn2C)s1. The van der Waals surface area contributed by atoms with Crippen molar-refractivity contribution in [2.45, 2.75) is 26.8 Å². The summed E-state index contributed by atoms with van der Waals surface area (Å²) in [6.07, 6.45) is 1.88. The van der Waals surface area contributed by atoms with Gasteiger partial charge in [-0.2, -0.15) is 5.10 Å². The highest BCUT2D eigenvalue weighted by Gasteiger charge is 2.18. The van der Waals surface area contributed by atoms with Gasteiger partial charge >= 0.3 is 0 Å². The molecular formula is C12H17N5S2. The van der Waals surface area contributed by atoms with E-state index in [9.17, 15) is 0 Å². The van der Waals surface area contributed by atoms with Gasteiger partial charge in [0, 0.05) is 18.1 Å². The average Bonchev–Trinajstić information content (AvgIpc) is 2.84. The number of nitrogens with one attached hydrogen (secondary N) is 1. The Hall–Kier alpha value is -1.47. The summed E-state index contributed by atoms with van der Waals surface area (Å²) in [6.45, 7) is 6.00. The predicted molar refractivity (Wildman–Crippen MR) is 82.7 cm³/mol. The third-order valence-corrected chi connectivity index (χ3v) is 4.13. The van der Waals surface area contributed by atoms with Gasteiger partial charge in [-0.1, -0.05) is 12.2 Å². The summed E-state index contributed by atoms with van der Waals surface area (Å²) in [5.41, 5.74) is 7.41. The summed E-state index contributed by atoms with van der Waals surface area (Å²) in [5.74, 6) is 0.838. The number of nitrogens with zero attached hydrogens (tertiary/aromatic N) is 3. The van der Waals surface area contributed by atoms with Gasteiger partial charge in [0.15, 0.2) is 0 Å². The van der Waals surface area contributed by atoms with Crippen molar-refractivity contribution in [3.8, 4) is 0 Å². The van der Waals surface area contributed by atoms with Crippen LogP contribution in [-0.2, 0) is 7.05 Å². The highest BCUT2D eigenvalue weighted by atomic mass is 32.1. The molecule has 2 aromatic heterocycles. The molecule has 0 aliphatic rings. The van der Waals surface area contributed by atoms with Crippen molar-refractivity contribution in [1.82, 2.24) is 14.8 Å². The molecule has 1 atom stereocenters. The molecule has 0 aliphatic heterocycles. The number of aryl methyl sites for hydroxylation is 3. The maximum atomic E-state index is 5.77. The first-order chi connectivity index (χ1) is 8.90. The van der Waals surface area contributed by atoms with Crippen molar-refractivity contribution in [2.24, 2.45) is 12.8 Å². The highest BCUT2D eigenvalue weighted by molar-refractivity contribution is 7.80. The lowest BCUT2D eigenvalue weighted by Crippen LogP contribution is -2.16. The molecule has 0 aromatic carbocycles. The van der Waals surface area contributed by atoms with Gasteiger partial charge < -0.3 is 11.1 Å². The smallest absolute Gasteiger partial charge is 0.135 e. The van der Waals surface area contributed by atoms with Crippen LogP contribution in [0, 0.1) is 13.8 Å². The fourth-order valence-electron chi connectivity index (χ4n) is 1.96. The molecule has 2 rings (SSSR count). The zero-order chi connectivity index (χ0) is 14.2. The Labute approximate surface area is 121 Å². The molecule has 7 heteroatoms. The van der Waals surface area contributed by atoms with E-state index in [4.69, 9.17) is 18.0 Å². The molecule has 19 heavy (non-hydrogen) atoms. The Morgan fingerprint density at radius 3 is 2.74 bits per heavy atom. The second kappa shape index (κ2) is 5.26. The van der Waals surface area contributed by atoms with Crippen LogP contribution in [0.15, 0.2) is 6.20 Å². The summed E-state index contributed by atoms with van der Waals surface area (Å²) in [5, 5.41) is 8.78. The van der Waals surface area contributed by atoms with E-state index in [-0.39, 0.29) is 6.04 Å². The van der Waals surface area contributed by atoms with Crippen molar-refractivity contribution in [2.75, 3.05) is 5.32 Å². The van der Waals surface area contributed by atoms with Crippen LogP contribution in [0.25, 0.3) is 0 Å². The van der Waals surface area contributed by atoms with E-state index in [2.05, 4.69) is 22.3 Å². The summed E-state index contributed by atoms with van der Waals surface area (Å²) in [4.78, 5) is 5.94. The molecule has 2 aromatic rings. The first-order valence-corrected chi connectivity index (χ1v) is 7.15. The lowest BCUT2D eigenvalue weighted by molar-refractivity contribution is 0.741. The van der Waals surface area contributed by atoms with Gasteiger partial charge in [-0.15, -0.1) is 11.3 Å². The summed E-state index contributed by atoms with van der Waals surface area (Å²) in [6, 6.07) is 0.0848. The third-order valence-electron chi connectivity index (χ3n) is 2.83. The molecule has 0 bridgehead atoms. The van der Waals surface area contributed by atoms with Crippen LogP contribution >= 0.6 is 23.6 Å². The summed E-state index contributed by atoms with van der Waals surface area (Å²) in [7, 11) is 1.87. The zero-order valence-electron chi connectivity index (χ0n) is 11.4. The molecule has 1 unspecified atom stereocenters. The number of anilines is 1. The van der Waals surface area contributed by atoms with Crippen LogP contribution in [0.5, 0.6) is 0 Å². The van der Waals surface area contributed by atoms with Crippen LogP contribution in [0.2, 0.25) is 0 Å². The Morgan fingerprint density at radius 2 is 2.21 bits per heavy atom. The van der Waals surface area contributed by atoms with Gasteiger partial charge in [0.05, 0.1) is 17.3 Å². The van der Waals surface area contributed by atoms with Crippen LogP contribution < -0.4 is 11.1 Å². The van der Waals surface area contributed by atoms with Crippen LogP contribution in [-0.4, -0.2) is 19.8 Å².